The third kappa shape index (κ3) is 6.37. The Morgan fingerprint density at radius 1 is 1.37 bits per heavy atom. The summed E-state index contributed by atoms with van der Waals surface area (Å²) >= 11 is 13.9. The average molecular weight is 322 g/mol. The van der Waals surface area contributed by atoms with Crippen molar-refractivity contribution in [3.8, 4) is 0 Å². The lowest BCUT2D eigenvalue weighted by Crippen LogP contribution is -2.31. The van der Waals surface area contributed by atoms with Crippen LogP contribution in [0.2, 0.25) is 10.0 Å². The molecule has 0 fully saturated rings. The molecule has 19 heavy (non-hydrogen) atoms. The number of hydrogen-bond acceptors (Lipinski definition) is 3. The summed E-state index contributed by atoms with van der Waals surface area (Å²) in [5, 5.41) is 14.6. The number of halogens is 2. The Kier molecular flexibility index (Phi) is 8.19. The van der Waals surface area contributed by atoms with Crippen molar-refractivity contribution in [2.24, 2.45) is 0 Å². The van der Waals surface area contributed by atoms with E-state index in [0.717, 1.165) is 17.9 Å². The normalized spacial score (nSPS) is 14.4. The number of benzene rings is 1. The van der Waals surface area contributed by atoms with Crippen LogP contribution in [-0.4, -0.2) is 29.2 Å². The predicted octanol–water partition coefficient (Wildman–Crippen LogP) is 4.15. The van der Waals surface area contributed by atoms with Crippen molar-refractivity contribution in [1.29, 1.82) is 0 Å². The molecule has 5 heteroatoms. The summed E-state index contributed by atoms with van der Waals surface area (Å²) in [7, 11) is 0. The van der Waals surface area contributed by atoms with Crippen LogP contribution in [0.25, 0.3) is 0 Å². The molecule has 0 aromatic heterocycles. The Labute approximate surface area is 129 Å². The first kappa shape index (κ1) is 17.1. The lowest BCUT2D eigenvalue weighted by Gasteiger charge is -2.18. The fraction of sp³-hybridized carbons (Fsp3) is 0.571. The minimum atomic E-state index is -0.632. The van der Waals surface area contributed by atoms with E-state index in [1.807, 2.05) is 11.8 Å². The monoisotopic (exact) mass is 321 g/mol. The maximum Gasteiger partial charge on any atom is 0.0929 e. The highest BCUT2D eigenvalue weighted by atomic mass is 35.5. The van der Waals surface area contributed by atoms with Gasteiger partial charge in [-0.05, 0) is 43.0 Å². The molecule has 0 aliphatic heterocycles. The van der Waals surface area contributed by atoms with Crippen molar-refractivity contribution < 1.29 is 5.11 Å². The second-order valence-electron chi connectivity index (χ2n) is 4.48. The van der Waals surface area contributed by atoms with E-state index in [4.69, 9.17) is 23.2 Å². The zero-order chi connectivity index (χ0) is 14.3. The molecule has 1 aromatic carbocycles. The first-order valence-electron chi connectivity index (χ1n) is 6.48. The Balaban J connectivity index is 2.42. The van der Waals surface area contributed by atoms with E-state index in [1.54, 1.807) is 18.2 Å². The van der Waals surface area contributed by atoms with Crippen LogP contribution >= 0.6 is 35.0 Å². The van der Waals surface area contributed by atoms with Crippen LogP contribution in [0.15, 0.2) is 18.2 Å². The zero-order valence-electron chi connectivity index (χ0n) is 11.3. The van der Waals surface area contributed by atoms with Gasteiger partial charge < -0.3 is 10.4 Å². The average Bonchev–Trinajstić information content (AvgIpc) is 2.39. The van der Waals surface area contributed by atoms with E-state index >= 15 is 0 Å². The minimum absolute atomic E-state index is 0.381. The van der Waals surface area contributed by atoms with Crippen molar-refractivity contribution in [3.63, 3.8) is 0 Å². The molecule has 0 aliphatic carbocycles. The lowest BCUT2D eigenvalue weighted by molar-refractivity contribution is 0.170. The van der Waals surface area contributed by atoms with Gasteiger partial charge in [0.2, 0.25) is 0 Å². The summed E-state index contributed by atoms with van der Waals surface area (Å²) in [6.07, 6.45) is 0.460. The highest BCUT2D eigenvalue weighted by Crippen LogP contribution is 2.26. The van der Waals surface area contributed by atoms with E-state index in [1.165, 1.54) is 0 Å². The highest BCUT2D eigenvalue weighted by molar-refractivity contribution is 7.99. The molecule has 0 bridgehead atoms. The fourth-order valence-electron chi connectivity index (χ4n) is 1.70. The van der Waals surface area contributed by atoms with Gasteiger partial charge in [0.15, 0.2) is 0 Å². The molecular formula is C14H21Cl2NOS. The summed E-state index contributed by atoms with van der Waals surface area (Å²) in [5.41, 5.74) is 0.678. The summed E-state index contributed by atoms with van der Waals surface area (Å²) < 4.78 is 0. The Morgan fingerprint density at radius 3 is 2.79 bits per heavy atom. The topological polar surface area (TPSA) is 32.3 Å². The van der Waals surface area contributed by atoms with Gasteiger partial charge >= 0.3 is 0 Å². The van der Waals surface area contributed by atoms with E-state index in [9.17, 15) is 5.11 Å². The molecule has 0 aliphatic rings. The molecule has 2 N–H and O–H groups in total. The van der Waals surface area contributed by atoms with Gasteiger partial charge in [-0.1, -0.05) is 30.1 Å². The Bertz CT molecular complexity index is 390. The van der Waals surface area contributed by atoms with Crippen molar-refractivity contribution in [2.75, 3.05) is 18.1 Å². The van der Waals surface area contributed by atoms with Crippen LogP contribution in [0.5, 0.6) is 0 Å². The maximum absolute atomic E-state index is 10.1. The Hall–Kier alpha value is 0.0700. The Morgan fingerprint density at radius 2 is 2.11 bits per heavy atom. The highest BCUT2D eigenvalue weighted by Gasteiger charge is 2.13. The van der Waals surface area contributed by atoms with Crippen molar-refractivity contribution in [1.82, 2.24) is 5.32 Å². The first-order valence-corrected chi connectivity index (χ1v) is 8.39. The van der Waals surface area contributed by atoms with Gasteiger partial charge in [0.1, 0.15) is 0 Å². The van der Waals surface area contributed by atoms with Crippen LogP contribution in [-0.2, 0) is 0 Å². The van der Waals surface area contributed by atoms with Gasteiger partial charge in [0.05, 0.1) is 6.10 Å². The number of aliphatic hydroxyl groups is 1. The molecule has 0 heterocycles. The second-order valence-corrected chi connectivity index (χ2v) is 6.71. The fourth-order valence-corrected chi connectivity index (χ4v) is 2.93. The third-order valence-corrected chi connectivity index (χ3v) is 4.39. The number of hydrogen-bond donors (Lipinski definition) is 2. The standard InChI is InChI=1S/C14H21Cl2NOS/c1-3-19-7-6-10(2)17-9-14(18)12-8-11(15)4-5-13(12)16/h4-5,8,10,14,17-18H,3,6-7,9H2,1-2H3. The predicted molar refractivity (Wildman–Crippen MR) is 86.5 cm³/mol. The van der Waals surface area contributed by atoms with Crippen LogP contribution in [0.4, 0.5) is 0 Å². The molecule has 0 radical (unpaired) electrons. The van der Waals surface area contributed by atoms with Crippen LogP contribution in [0, 0.1) is 0 Å². The minimum Gasteiger partial charge on any atom is -0.387 e. The molecule has 0 saturated heterocycles. The molecule has 1 rings (SSSR count). The van der Waals surface area contributed by atoms with Gasteiger partial charge in [-0.2, -0.15) is 11.8 Å². The maximum atomic E-state index is 10.1. The number of nitrogens with one attached hydrogen (secondary N) is 1. The number of rotatable bonds is 8. The number of thioether (sulfide) groups is 1. The van der Waals surface area contributed by atoms with Crippen molar-refractivity contribution in [2.45, 2.75) is 32.4 Å². The van der Waals surface area contributed by atoms with Crippen molar-refractivity contribution in [3.05, 3.63) is 33.8 Å². The van der Waals surface area contributed by atoms with Gasteiger partial charge in [-0.3, -0.25) is 0 Å². The molecule has 0 spiro atoms. The summed E-state index contributed by atoms with van der Waals surface area (Å²) in [4.78, 5) is 0. The SMILES string of the molecule is CCSCCC(C)NCC(O)c1cc(Cl)ccc1Cl. The second kappa shape index (κ2) is 9.09. The molecule has 0 amide bonds. The summed E-state index contributed by atoms with van der Waals surface area (Å²) in [6, 6.07) is 5.53. The largest absolute Gasteiger partial charge is 0.387 e. The lowest BCUT2D eigenvalue weighted by atomic mass is 10.1. The molecule has 1 aromatic rings. The quantitative estimate of drug-likeness (QED) is 0.705. The van der Waals surface area contributed by atoms with E-state index in [-0.39, 0.29) is 0 Å². The smallest absolute Gasteiger partial charge is 0.0929 e. The number of aliphatic hydroxyl groups excluding tert-OH is 1. The van der Waals surface area contributed by atoms with E-state index in [0.29, 0.717) is 28.2 Å². The van der Waals surface area contributed by atoms with Crippen LogP contribution in [0.3, 0.4) is 0 Å². The molecule has 2 atom stereocenters. The molecule has 2 unspecified atom stereocenters. The van der Waals surface area contributed by atoms with Gasteiger partial charge in [0, 0.05) is 28.2 Å². The molecule has 0 saturated carbocycles. The van der Waals surface area contributed by atoms with Gasteiger partial charge in [-0.25, -0.2) is 0 Å². The molecule has 2 nitrogen and oxygen atoms in total. The first-order chi connectivity index (χ1) is 9.04. The van der Waals surface area contributed by atoms with Gasteiger partial charge in [0.25, 0.3) is 0 Å². The zero-order valence-corrected chi connectivity index (χ0v) is 13.7. The molecular weight excluding hydrogens is 301 g/mol. The molecule has 108 valence electrons. The van der Waals surface area contributed by atoms with Gasteiger partial charge in [-0.15, -0.1) is 0 Å². The van der Waals surface area contributed by atoms with E-state index < -0.39 is 6.10 Å². The van der Waals surface area contributed by atoms with Crippen molar-refractivity contribution >= 4 is 35.0 Å². The van der Waals surface area contributed by atoms with Crippen LogP contribution in [0.1, 0.15) is 31.9 Å². The summed E-state index contributed by atoms with van der Waals surface area (Å²) in [5.74, 6) is 2.28. The van der Waals surface area contributed by atoms with E-state index in [2.05, 4.69) is 19.2 Å². The van der Waals surface area contributed by atoms with Crippen LogP contribution < -0.4 is 5.32 Å². The summed E-state index contributed by atoms with van der Waals surface area (Å²) in [6.45, 7) is 4.77. The third-order valence-electron chi connectivity index (χ3n) is 2.88.